The molecule has 2 amide bonds. The van der Waals surface area contributed by atoms with E-state index in [0.717, 1.165) is 22.0 Å². The summed E-state index contributed by atoms with van der Waals surface area (Å²) in [6.07, 6.45) is 0.543. The van der Waals surface area contributed by atoms with Crippen LogP contribution in [0, 0.1) is 0 Å². The smallest absolute Gasteiger partial charge is 0.271 e. The Balaban J connectivity index is 1.47. The fourth-order valence-corrected chi connectivity index (χ4v) is 5.35. The molecule has 1 atom stereocenters. The van der Waals surface area contributed by atoms with E-state index in [-0.39, 0.29) is 18.4 Å². The van der Waals surface area contributed by atoms with Gasteiger partial charge in [0, 0.05) is 29.6 Å². The second kappa shape index (κ2) is 10.7. The number of ether oxygens (including phenoxy) is 3. The van der Waals surface area contributed by atoms with E-state index in [9.17, 15) is 9.59 Å². The van der Waals surface area contributed by atoms with Crippen molar-refractivity contribution in [3.05, 3.63) is 89.6 Å². The van der Waals surface area contributed by atoms with Gasteiger partial charge in [0.25, 0.3) is 5.91 Å². The average molecular weight is 528 g/mol. The van der Waals surface area contributed by atoms with E-state index in [1.54, 1.807) is 26.2 Å². The Hall–Kier alpha value is -4.46. The maximum Gasteiger partial charge on any atom is 0.271 e. The van der Waals surface area contributed by atoms with Crippen molar-refractivity contribution in [3.63, 3.8) is 0 Å². The van der Waals surface area contributed by atoms with Gasteiger partial charge in [0.2, 0.25) is 5.91 Å². The molecule has 0 radical (unpaired) electrons. The normalized spacial score (nSPS) is 16.6. The van der Waals surface area contributed by atoms with Gasteiger partial charge in [0.1, 0.15) is 17.0 Å². The highest BCUT2D eigenvalue weighted by Crippen LogP contribution is 2.33. The van der Waals surface area contributed by atoms with Crippen molar-refractivity contribution in [3.8, 4) is 17.2 Å². The van der Waals surface area contributed by atoms with E-state index in [4.69, 9.17) is 14.2 Å². The number of para-hydroxylation sites is 2. The molecule has 4 aromatic rings. The van der Waals surface area contributed by atoms with Gasteiger partial charge < -0.3 is 29.0 Å². The zero-order valence-electron chi connectivity index (χ0n) is 22.7. The number of methoxy groups -OCH3 is 3. The summed E-state index contributed by atoms with van der Waals surface area (Å²) in [5.41, 5.74) is 2.24. The summed E-state index contributed by atoms with van der Waals surface area (Å²) in [5, 5.41) is 4.05. The molecule has 2 heterocycles. The zero-order chi connectivity index (χ0) is 27.6. The monoisotopic (exact) mass is 527 g/mol. The molecular formula is C31H33N3O5. The molecule has 0 bridgehead atoms. The van der Waals surface area contributed by atoms with Gasteiger partial charge >= 0.3 is 0 Å². The van der Waals surface area contributed by atoms with Crippen LogP contribution in [0.3, 0.4) is 0 Å². The first kappa shape index (κ1) is 26.2. The first-order valence-electron chi connectivity index (χ1n) is 12.9. The van der Waals surface area contributed by atoms with Crippen molar-refractivity contribution in [2.75, 3.05) is 27.9 Å². The van der Waals surface area contributed by atoms with Crippen molar-refractivity contribution in [1.82, 2.24) is 14.8 Å². The maximum absolute atomic E-state index is 14.0. The lowest BCUT2D eigenvalue weighted by molar-refractivity contribution is -0.133. The fraction of sp³-hybridized carbons (Fsp3) is 0.290. The quantitative estimate of drug-likeness (QED) is 0.348. The molecule has 0 spiro atoms. The molecule has 8 heteroatoms. The van der Waals surface area contributed by atoms with Crippen LogP contribution >= 0.6 is 0 Å². The minimum absolute atomic E-state index is 0.173. The third-order valence-electron chi connectivity index (χ3n) is 7.53. The Labute approximate surface area is 228 Å². The number of amides is 2. The van der Waals surface area contributed by atoms with Gasteiger partial charge in [0.15, 0.2) is 11.5 Å². The molecule has 3 aromatic carbocycles. The molecule has 1 N–H and O–H groups in total. The minimum atomic E-state index is -1.12. The summed E-state index contributed by atoms with van der Waals surface area (Å²) in [7, 11) is 4.80. The summed E-state index contributed by atoms with van der Waals surface area (Å²) in [6, 6.07) is 23.1. The summed E-state index contributed by atoms with van der Waals surface area (Å²) >= 11 is 0. The molecule has 0 fully saturated rings. The molecule has 8 nitrogen and oxygen atoms in total. The van der Waals surface area contributed by atoms with Crippen LogP contribution < -0.4 is 19.5 Å². The number of hydrogen-bond acceptors (Lipinski definition) is 5. The molecule has 1 aliphatic rings. The predicted molar refractivity (Wildman–Crippen MR) is 149 cm³/mol. The molecule has 0 saturated carbocycles. The second-order valence-corrected chi connectivity index (χ2v) is 9.84. The average Bonchev–Trinajstić information content (AvgIpc) is 3.34. The van der Waals surface area contributed by atoms with E-state index in [0.29, 0.717) is 42.5 Å². The number of nitrogens with one attached hydrogen (secondary N) is 1. The number of hydrogen-bond donors (Lipinski definition) is 1. The Morgan fingerprint density at radius 1 is 0.897 bits per heavy atom. The minimum Gasteiger partial charge on any atom is -0.496 e. The van der Waals surface area contributed by atoms with Crippen LogP contribution in [0.1, 0.15) is 28.5 Å². The molecule has 0 aliphatic carbocycles. The van der Waals surface area contributed by atoms with Gasteiger partial charge in [-0.15, -0.1) is 0 Å². The lowest BCUT2D eigenvalue weighted by atomic mass is 9.93. The molecule has 39 heavy (non-hydrogen) atoms. The Morgan fingerprint density at radius 3 is 2.38 bits per heavy atom. The first-order valence-corrected chi connectivity index (χ1v) is 12.9. The number of nitrogens with zero attached hydrogens (tertiary/aromatic N) is 2. The highest BCUT2D eigenvalue weighted by molar-refractivity contribution is 6.03. The Bertz CT molecular complexity index is 1530. The summed E-state index contributed by atoms with van der Waals surface area (Å²) in [6.45, 7) is 2.82. The molecule has 1 aliphatic heterocycles. The standard InChI is InChI=1S/C31H33N3O5/c1-31(30(36)32-19-23-10-6-8-12-26(23)37-2)20-33-24-11-7-5-9-22(24)18-25(33)29(35)34(31)16-15-21-13-14-27(38-3)28(17-21)39-4/h5-14,17-18H,15-16,19-20H2,1-4H3,(H,32,36)/t31-/m1/s1. The zero-order valence-corrected chi connectivity index (χ0v) is 22.7. The second-order valence-electron chi connectivity index (χ2n) is 9.84. The van der Waals surface area contributed by atoms with Gasteiger partial charge in [-0.1, -0.05) is 42.5 Å². The van der Waals surface area contributed by atoms with Gasteiger partial charge in [-0.25, -0.2) is 0 Å². The largest absolute Gasteiger partial charge is 0.496 e. The Morgan fingerprint density at radius 2 is 1.62 bits per heavy atom. The van der Waals surface area contributed by atoms with Crippen LogP contribution in [0.5, 0.6) is 17.2 Å². The van der Waals surface area contributed by atoms with Crippen LogP contribution in [-0.2, 0) is 24.3 Å². The summed E-state index contributed by atoms with van der Waals surface area (Å²) in [4.78, 5) is 29.6. The van der Waals surface area contributed by atoms with E-state index in [1.165, 1.54) is 0 Å². The summed E-state index contributed by atoms with van der Waals surface area (Å²) in [5.74, 6) is 1.56. The SMILES string of the molecule is COc1ccccc1CNC(=O)[C@@]1(C)Cn2c(cc3ccccc32)C(=O)N1CCc1ccc(OC)c(OC)c1. The van der Waals surface area contributed by atoms with Gasteiger partial charge in [-0.05, 0) is 49.2 Å². The molecule has 202 valence electrons. The number of carbonyl (C=O) groups is 2. The van der Waals surface area contributed by atoms with Gasteiger partial charge in [-0.3, -0.25) is 9.59 Å². The number of aromatic nitrogens is 1. The lowest BCUT2D eigenvalue weighted by Crippen LogP contribution is -2.64. The van der Waals surface area contributed by atoms with Gasteiger partial charge in [-0.2, -0.15) is 0 Å². The van der Waals surface area contributed by atoms with Crippen molar-refractivity contribution < 1.29 is 23.8 Å². The van der Waals surface area contributed by atoms with Crippen molar-refractivity contribution in [2.24, 2.45) is 0 Å². The number of benzene rings is 3. The van der Waals surface area contributed by atoms with Crippen LogP contribution in [-0.4, -0.2) is 54.7 Å². The highest BCUT2D eigenvalue weighted by Gasteiger charge is 2.47. The third kappa shape index (κ3) is 4.78. The third-order valence-corrected chi connectivity index (χ3v) is 7.53. The van der Waals surface area contributed by atoms with Crippen LogP contribution in [0.4, 0.5) is 0 Å². The van der Waals surface area contributed by atoms with E-state index in [1.807, 2.05) is 84.3 Å². The number of fused-ring (bicyclic) bond motifs is 3. The lowest BCUT2D eigenvalue weighted by Gasteiger charge is -2.44. The van der Waals surface area contributed by atoms with Crippen molar-refractivity contribution in [2.45, 2.75) is 32.0 Å². The molecule has 0 saturated heterocycles. The maximum atomic E-state index is 14.0. The predicted octanol–water partition coefficient (Wildman–Crippen LogP) is 4.44. The number of rotatable bonds is 9. The molecular weight excluding hydrogens is 494 g/mol. The van der Waals surface area contributed by atoms with Crippen LogP contribution in [0.25, 0.3) is 10.9 Å². The Kier molecular flexibility index (Phi) is 7.19. The highest BCUT2D eigenvalue weighted by atomic mass is 16.5. The summed E-state index contributed by atoms with van der Waals surface area (Å²) < 4.78 is 18.2. The molecule has 0 unspecified atom stereocenters. The topological polar surface area (TPSA) is 82.0 Å². The van der Waals surface area contributed by atoms with Crippen molar-refractivity contribution in [1.29, 1.82) is 0 Å². The molecule has 5 rings (SSSR count). The van der Waals surface area contributed by atoms with E-state index in [2.05, 4.69) is 5.32 Å². The van der Waals surface area contributed by atoms with Crippen LogP contribution in [0.15, 0.2) is 72.8 Å². The number of carbonyl (C=O) groups excluding carboxylic acids is 2. The van der Waals surface area contributed by atoms with Gasteiger partial charge in [0.05, 0.1) is 27.9 Å². The van der Waals surface area contributed by atoms with Crippen molar-refractivity contribution >= 4 is 22.7 Å². The molecule has 1 aromatic heterocycles. The van der Waals surface area contributed by atoms with Crippen LogP contribution in [0.2, 0.25) is 0 Å². The fourth-order valence-electron chi connectivity index (χ4n) is 5.35. The first-order chi connectivity index (χ1) is 18.9. The van der Waals surface area contributed by atoms with E-state index >= 15 is 0 Å². The van der Waals surface area contributed by atoms with E-state index < -0.39 is 5.54 Å².